The summed E-state index contributed by atoms with van der Waals surface area (Å²) >= 11 is 1.70. The van der Waals surface area contributed by atoms with Gasteiger partial charge in [0, 0.05) is 6.54 Å². The largest absolute Gasteiger partial charge is 0.444 e. The van der Waals surface area contributed by atoms with E-state index >= 15 is 0 Å². The molecular weight excluding hydrogens is 294 g/mol. The molecule has 118 valence electrons. The van der Waals surface area contributed by atoms with Crippen LogP contribution in [0, 0.1) is 0 Å². The van der Waals surface area contributed by atoms with Gasteiger partial charge in [-0.1, -0.05) is 31.2 Å². The summed E-state index contributed by atoms with van der Waals surface area (Å²) in [5, 5.41) is 7.04. The molecule has 2 aromatic rings. The molecule has 0 aliphatic heterocycles. The third-order valence-corrected chi connectivity index (χ3v) is 3.97. The molecule has 0 unspecified atom stereocenters. The van der Waals surface area contributed by atoms with Gasteiger partial charge in [0.05, 0.1) is 0 Å². The number of ether oxygens (including phenoxy) is 1. The number of benzene rings is 1. The van der Waals surface area contributed by atoms with E-state index in [1.807, 2.05) is 20.8 Å². The second-order valence-corrected chi connectivity index (χ2v) is 7.20. The fraction of sp³-hybridized carbons (Fsp3) is 0.389. The summed E-state index contributed by atoms with van der Waals surface area (Å²) in [6.45, 7) is 8.24. The van der Waals surface area contributed by atoms with Crippen LogP contribution in [0.15, 0.2) is 41.1 Å². The molecule has 0 saturated carbocycles. The zero-order valence-electron chi connectivity index (χ0n) is 13.6. The molecule has 0 fully saturated rings. The highest BCUT2D eigenvalue weighted by molar-refractivity contribution is 7.08. The van der Waals surface area contributed by atoms with Crippen molar-refractivity contribution in [3.05, 3.63) is 46.7 Å². The van der Waals surface area contributed by atoms with Crippen LogP contribution in [0.3, 0.4) is 0 Å². The van der Waals surface area contributed by atoms with E-state index in [9.17, 15) is 4.79 Å². The lowest BCUT2D eigenvalue weighted by Gasteiger charge is -2.21. The van der Waals surface area contributed by atoms with E-state index in [-0.39, 0.29) is 12.0 Å². The summed E-state index contributed by atoms with van der Waals surface area (Å²) in [5.74, 6) is 0.240. The summed E-state index contributed by atoms with van der Waals surface area (Å²) in [7, 11) is 0. The van der Waals surface area contributed by atoms with Crippen LogP contribution < -0.4 is 5.32 Å². The third kappa shape index (κ3) is 4.88. The van der Waals surface area contributed by atoms with Crippen molar-refractivity contribution in [3.8, 4) is 11.1 Å². The van der Waals surface area contributed by atoms with Gasteiger partial charge in [-0.2, -0.15) is 11.3 Å². The first kappa shape index (κ1) is 16.6. The highest BCUT2D eigenvalue weighted by Crippen LogP contribution is 2.24. The molecular formula is C18H23NO2S. The minimum absolute atomic E-state index is 0.240. The van der Waals surface area contributed by atoms with Crippen LogP contribution in [-0.4, -0.2) is 18.2 Å². The Balaban J connectivity index is 1.90. The predicted molar refractivity (Wildman–Crippen MR) is 92.4 cm³/mol. The molecule has 1 heterocycles. The molecule has 1 amide bonds. The number of nitrogens with one attached hydrogen (secondary N) is 1. The Morgan fingerprint density at radius 3 is 2.41 bits per heavy atom. The molecule has 3 nitrogen and oxygen atoms in total. The maximum Gasteiger partial charge on any atom is 0.407 e. The first-order chi connectivity index (χ1) is 10.3. The van der Waals surface area contributed by atoms with Gasteiger partial charge in [0.2, 0.25) is 0 Å². The fourth-order valence-electron chi connectivity index (χ4n) is 2.10. The Hall–Kier alpha value is -1.81. The minimum atomic E-state index is -0.463. The normalized spacial score (nSPS) is 12.7. The Morgan fingerprint density at radius 1 is 1.18 bits per heavy atom. The summed E-state index contributed by atoms with van der Waals surface area (Å²) in [4.78, 5) is 11.7. The average molecular weight is 317 g/mol. The molecule has 0 spiro atoms. The van der Waals surface area contributed by atoms with Crippen LogP contribution in [0.1, 0.15) is 39.2 Å². The summed E-state index contributed by atoms with van der Waals surface area (Å²) in [5.41, 5.74) is 3.21. The quantitative estimate of drug-likeness (QED) is 0.857. The number of rotatable bonds is 4. The fourth-order valence-corrected chi connectivity index (χ4v) is 2.77. The maximum absolute atomic E-state index is 11.7. The number of carbonyl (C=O) groups excluding carboxylic acids is 1. The van der Waals surface area contributed by atoms with Gasteiger partial charge < -0.3 is 10.1 Å². The molecule has 1 atom stereocenters. The Kier molecular flexibility index (Phi) is 5.24. The van der Waals surface area contributed by atoms with E-state index in [2.05, 4.69) is 53.3 Å². The molecule has 22 heavy (non-hydrogen) atoms. The predicted octanol–water partition coefficient (Wildman–Crippen LogP) is 5.04. The highest BCUT2D eigenvalue weighted by atomic mass is 32.1. The molecule has 0 radical (unpaired) electrons. The van der Waals surface area contributed by atoms with Crippen molar-refractivity contribution in [2.75, 3.05) is 6.54 Å². The second-order valence-electron chi connectivity index (χ2n) is 6.42. The highest BCUT2D eigenvalue weighted by Gasteiger charge is 2.16. The molecule has 4 heteroatoms. The first-order valence-corrected chi connectivity index (χ1v) is 8.39. The summed E-state index contributed by atoms with van der Waals surface area (Å²) in [6, 6.07) is 10.6. The lowest BCUT2D eigenvalue weighted by atomic mass is 9.98. The standard InChI is InChI=1S/C18H23NO2S/c1-13(11-19-17(20)21-18(2,3)4)14-5-7-15(8-6-14)16-9-10-22-12-16/h5-10,12-13H,11H2,1-4H3,(H,19,20)/t13-/m1/s1. The van der Waals surface area contributed by atoms with E-state index in [4.69, 9.17) is 4.74 Å². The van der Waals surface area contributed by atoms with Crippen molar-refractivity contribution >= 4 is 17.4 Å². The maximum atomic E-state index is 11.7. The zero-order valence-corrected chi connectivity index (χ0v) is 14.4. The van der Waals surface area contributed by atoms with Crippen LogP contribution in [0.25, 0.3) is 11.1 Å². The van der Waals surface area contributed by atoms with Gasteiger partial charge in [-0.3, -0.25) is 0 Å². The molecule has 0 aliphatic carbocycles. The molecule has 1 aromatic carbocycles. The summed E-state index contributed by atoms with van der Waals surface area (Å²) in [6.07, 6.45) is -0.366. The zero-order chi connectivity index (χ0) is 16.2. The van der Waals surface area contributed by atoms with Crippen LogP contribution in [-0.2, 0) is 4.74 Å². The molecule has 0 saturated heterocycles. The monoisotopic (exact) mass is 317 g/mol. The number of hydrogen-bond acceptors (Lipinski definition) is 3. The van der Waals surface area contributed by atoms with E-state index in [0.29, 0.717) is 6.54 Å². The lowest BCUT2D eigenvalue weighted by Crippen LogP contribution is -2.34. The van der Waals surface area contributed by atoms with Gasteiger partial charge in [-0.05, 0) is 60.2 Å². The number of alkyl carbamates (subject to hydrolysis) is 1. The molecule has 1 aromatic heterocycles. The Morgan fingerprint density at radius 2 is 1.86 bits per heavy atom. The van der Waals surface area contributed by atoms with E-state index in [1.54, 1.807) is 11.3 Å². The van der Waals surface area contributed by atoms with Crippen molar-refractivity contribution in [2.45, 2.75) is 39.2 Å². The molecule has 0 bridgehead atoms. The van der Waals surface area contributed by atoms with Crippen LogP contribution in [0.5, 0.6) is 0 Å². The Bertz CT molecular complexity index is 597. The van der Waals surface area contributed by atoms with Gasteiger partial charge in [-0.25, -0.2) is 4.79 Å². The minimum Gasteiger partial charge on any atom is -0.444 e. The number of thiophene rings is 1. The first-order valence-electron chi connectivity index (χ1n) is 7.44. The molecule has 0 aliphatic rings. The van der Waals surface area contributed by atoms with Gasteiger partial charge >= 0.3 is 6.09 Å². The van der Waals surface area contributed by atoms with Gasteiger partial charge in [0.25, 0.3) is 0 Å². The number of amides is 1. The third-order valence-electron chi connectivity index (χ3n) is 3.29. The number of hydrogen-bond donors (Lipinski definition) is 1. The average Bonchev–Trinajstić information content (AvgIpc) is 2.97. The van der Waals surface area contributed by atoms with Crippen molar-refractivity contribution in [1.29, 1.82) is 0 Å². The van der Waals surface area contributed by atoms with Crippen LogP contribution in [0.4, 0.5) is 4.79 Å². The lowest BCUT2D eigenvalue weighted by molar-refractivity contribution is 0.0525. The van der Waals surface area contributed by atoms with Crippen LogP contribution in [0.2, 0.25) is 0 Å². The van der Waals surface area contributed by atoms with Crippen molar-refractivity contribution in [2.24, 2.45) is 0 Å². The number of carbonyl (C=O) groups is 1. The van der Waals surface area contributed by atoms with Crippen molar-refractivity contribution in [3.63, 3.8) is 0 Å². The SMILES string of the molecule is C[C@H](CNC(=O)OC(C)(C)C)c1ccc(-c2ccsc2)cc1. The Labute approximate surface area is 136 Å². The molecule has 1 N–H and O–H groups in total. The molecule has 2 rings (SSSR count). The van der Waals surface area contributed by atoms with Gasteiger partial charge in [-0.15, -0.1) is 0 Å². The van der Waals surface area contributed by atoms with E-state index in [0.717, 1.165) is 0 Å². The van der Waals surface area contributed by atoms with Gasteiger partial charge in [0.1, 0.15) is 5.60 Å². The van der Waals surface area contributed by atoms with E-state index in [1.165, 1.54) is 16.7 Å². The second kappa shape index (κ2) is 6.97. The summed E-state index contributed by atoms with van der Waals surface area (Å²) < 4.78 is 5.24. The topological polar surface area (TPSA) is 38.3 Å². The van der Waals surface area contributed by atoms with Crippen LogP contribution >= 0.6 is 11.3 Å². The van der Waals surface area contributed by atoms with Gasteiger partial charge in [0.15, 0.2) is 0 Å². The van der Waals surface area contributed by atoms with E-state index < -0.39 is 5.60 Å². The smallest absolute Gasteiger partial charge is 0.407 e. The van der Waals surface area contributed by atoms with Crippen molar-refractivity contribution < 1.29 is 9.53 Å². The van der Waals surface area contributed by atoms with Crippen molar-refractivity contribution in [1.82, 2.24) is 5.32 Å².